The predicted molar refractivity (Wildman–Crippen MR) is 90.3 cm³/mol. The number of hydrogen-bond donors (Lipinski definition) is 2. The van der Waals surface area contributed by atoms with E-state index in [1.165, 1.54) is 0 Å². The van der Waals surface area contributed by atoms with Gasteiger partial charge < -0.3 is 15.5 Å². The molecule has 2 bridgehead atoms. The van der Waals surface area contributed by atoms with Crippen LogP contribution in [0.3, 0.4) is 0 Å². The minimum Gasteiger partial charge on any atom is -0.319 e. The Bertz CT molecular complexity index is 731. The normalized spacial score (nSPS) is 22.4. The monoisotopic (exact) mass is 308 g/mol. The molecule has 2 fully saturated rings. The van der Waals surface area contributed by atoms with Crippen LogP contribution in [0.5, 0.6) is 0 Å². The number of nitrogens with one attached hydrogen (secondary N) is 2. The second-order valence-electron chi connectivity index (χ2n) is 6.32. The minimum absolute atomic E-state index is 0.00479. The van der Waals surface area contributed by atoms with Crippen molar-refractivity contribution in [3.63, 3.8) is 0 Å². The summed E-state index contributed by atoms with van der Waals surface area (Å²) in [6.45, 7) is 3.77. The van der Waals surface area contributed by atoms with E-state index in [0.29, 0.717) is 12.1 Å². The largest absolute Gasteiger partial charge is 0.322 e. The lowest BCUT2D eigenvalue weighted by Crippen LogP contribution is -2.48. The molecule has 23 heavy (non-hydrogen) atoms. The van der Waals surface area contributed by atoms with E-state index in [0.717, 1.165) is 42.0 Å². The average Bonchev–Trinajstić information content (AvgIpc) is 3.20. The molecule has 0 radical (unpaired) electrons. The standard InChI is InChI=1S/C18H20N4O/c1-12-5-6-13(9-16(12)17-4-2-3-7-19-17)21-18(23)22-11-14-8-15(22)10-20-14/h2-7,9,14-15,20H,8,10-11H2,1H3,(H,21,23)/t14-,15-/m1/s1. The highest BCUT2D eigenvalue weighted by Crippen LogP contribution is 2.27. The first-order valence-corrected chi connectivity index (χ1v) is 8.04. The second kappa shape index (κ2) is 5.66. The van der Waals surface area contributed by atoms with E-state index in [2.05, 4.69) is 22.5 Å². The van der Waals surface area contributed by atoms with Crippen LogP contribution in [0, 0.1) is 6.92 Å². The molecule has 2 aliphatic heterocycles. The van der Waals surface area contributed by atoms with Gasteiger partial charge in [0.15, 0.2) is 0 Å². The molecule has 5 nitrogen and oxygen atoms in total. The lowest BCUT2D eigenvalue weighted by molar-refractivity contribution is 0.199. The second-order valence-corrected chi connectivity index (χ2v) is 6.32. The number of nitrogens with zero attached hydrogens (tertiary/aromatic N) is 2. The zero-order valence-electron chi connectivity index (χ0n) is 13.1. The molecule has 2 atom stereocenters. The van der Waals surface area contributed by atoms with Crippen molar-refractivity contribution < 1.29 is 4.79 Å². The SMILES string of the molecule is Cc1ccc(NC(=O)N2C[C@H]3C[C@@H]2CN3)cc1-c1ccccn1. The van der Waals surface area contributed by atoms with Gasteiger partial charge in [0.05, 0.1) is 5.69 Å². The summed E-state index contributed by atoms with van der Waals surface area (Å²) in [5.41, 5.74) is 3.93. The number of fused-ring (bicyclic) bond motifs is 2. The van der Waals surface area contributed by atoms with Crippen molar-refractivity contribution in [2.45, 2.75) is 25.4 Å². The maximum absolute atomic E-state index is 12.5. The molecule has 1 aromatic carbocycles. The molecule has 0 spiro atoms. The highest BCUT2D eigenvalue weighted by Gasteiger charge is 2.40. The summed E-state index contributed by atoms with van der Waals surface area (Å²) in [5, 5.41) is 6.45. The molecule has 118 valence electrons. The Kier molecular flexibility index (Phi) is 3.50. The number of amides is 2. The minimum atomic E-state index is -0.00479. The first-order chi connectivity index (χ1) is 11.2. The highest BCUT2D eigenvalue weighted by atomic mass is 16.2. The Labute approximate surface area is 135 Å². The number of rotatable bonds is 2. The van der Waals surface area contributed by atoms with E-state index in [1.807, 2.05) is 41.3 Å². The average molecular weight is 308 g/mol. The van der Waals surface area contributed by atoms with Gasteiger partial charge in [-0.05, 0) is 43.2 Å². The van der Waals surface area contributed by atoms with E-state index in [-0.39, 0.29) is 6.03 Å². The molecule has 0 saturated carbocycles. The number of carbonyl (C=O) groups excluding carboxylic acids is 1. The van der Waals surface area contributed by atoms with Gasteiger partial charge in [-0.3, -0.25) is 4.98 Å². The van der Waals surface area contributed by atoms with Crippen LogP contribution in [0.25, 0.3) is 11.3 Å². The third-order valence-electron chi connectivity index (χ3n) is 4.75. The third kappa shape index (κ3) is 2.68. The van der Waals surface area contributed by atoms with Crippen LogP contribution in [0.2, 0.25) is 0 Å². The molecule has 2 amide bonds. The number of pyridine rings is 1. The molecule has 5 heteroatoms. The van der Waals surface area contributed by atoms with E-state index in [1.54, 1.807) is 6.20 Å². The summed E-state index contributed by atoms with van der Waals surface area (Å²) in [6, 6.07) is 12.6. The molecule has 2 aliphatic rings. The fourth-order valence-corrected chi connectivity index (χ4v) is 3.50. The van der Waals surface area contributed by atoms with E-state index in [4.69, 9.17) is 0 Å². The fourth-order valence-electron chi connectivity index (χ4n) is 3.50. The maximum Gasteiger partial charge on any atom is 0.322 e. The lowest BCUT2D eigenvalue weighted by atomic mass is 10.0. The van der Waals surface area contributed by atoms with Crippen LogP contribution in [0.4, 0.5) is 10.5 Å². The first-order valence-electron chi connectivity index (χ1n) is 8.04. The summed E-state index contributed by atoms with van der Waals surface area (Å²) in [4.78, 5) is 18.9. The maximum atomic E-state index is 12.5. The Morgan fingerprint density at radius 2 is 2.26 bits per heavy atom. The zero-order chi connectivity index (χ0) is 15.8. The molecule has 4 rings (SSSR count). The number of likely N-dealkylation sites (tertiary alicyclic amines) is 1. The summed E-state index contributed by atoms with van der Waals surface area (Å²) >= 11 is 0. The van der Waals surface area contributed by atoms with Gasteiger partial charge in [0.25, 0.3) is 0 Å². The van der Waals surface area contributed by atoms with Crippen molar-refractivity contribution in [1.82, 2.24) is 15.2 Å². The van der Waals surface area contributed by atoms with Gasteiger partial charge in [0.2, 0.25) is 0 Å². The topological polar surface area (TPSA) is 57.3 Å². The van der Waals surface area contributed by atoms with Gasteiger partial charge in [-0.1, -0.05) is 12.1 Å². The van der Waals surface area contributed by atoms with Gasteiger partial charge in [0.1, 0.15) is 0 Å². The van der Waals surface area contributed by atoms with Gasteiger partial charge in [-0.25, -0.2) is 4.79 Å². The molecule has 3 heterocycles. The van der Waals surface area contributed by atoms with Crippen LogP contribution in [0.15, 0.2) is 42.6 Å². The van der Waals surface area contributed by atoms with Crippen LogP contribution < -0.4 is 10.6 Å². The summed E-state index contributed by atoms with van der Waals surface area (Å²) < 4.78 is 0. The zero-order valence-corrected chi connectivity index (χ0v) is 13.1. The van der Waals surface area contributed by atoms with Crippen molar-refractivity contribution in [1.29, 1.82) is 0 Å². The number of benzene rings is 1. The summed E-state index contributed by atoms with van der Waals surface area (Å²) in [6.07, 6.45) is 2.86. The highest BCUT2D eigenvalue weighted by molar-refractivity contribution is 5.91. The molecule has 1 aromatic heterocycles. The van der Waals surface area contributed by atoms with Crippen LogP contribution in [0.1, 0.15) is 12.0 Å². The molecule has 2 aromatic rings. The van der Waals surface area contributed by atoms with E-state index in [9.17, 15) is 4.79 Å². The third-order valence-corrected chi connectivity index (χ3v) is 4.75. The van der Waals surface area contributed by atoms with E-state index < -0.39 is 0 Å². The number of hydrogen-bond acceptors (Lipinski definition) is 3. The summed E-state index contributed by atoms with van der Waals surface area (Å²) in [5.74, 6) is 0. The first kappa shape index (κ1) is 14.2. The van der Waals surface area contributed by atoms with Crippen molar-refractivity contribution in [3.8, 4) is 11.3 Å². The van der Waals surface area contributed by atoms with Crippen molar-refractivity contribution in [2.24, 2.45) is 0 Å². The van der Waals surface area contributed by atoms with Gasteiger partial charge in [-0.15, -0.1) is 0 Å². The number of piperazine rings is 1. The Hall–Kier alpha value is -2.40. The van der Waals surface area contributed by atoms with Crippen LogP contribution in [-0.2, 0) is 0 Å². The molecular formula is C18H20N4O. The molecule has 0 aliphatic carbocycles. The van der Waals surface area contributed by atoms with Crippen molar-refractivity contribution >= 4 is 11.7 Å². The number of anilines is 1. The number of aryl methyl sites for hydroxylation is 1. The number of urea groups is 1. The quantitative estimate of drug-likeness (QED) is 0.896. The van der Waals surface area contributed by atoms with Crippen molar-refractivity contribution in [3.05, 3.63) is 48.2 Å². The molecular weight excluding hydrogens is 288 g/mol. The van der Waals surface area contributed by atoms with Gasteiger partial charge in [-0.2, -0.15) is 0 Å². The number of carbonyl (C=O) groups is 1. The van der Waals surface area contributed by atoms with Crippen LogP contribution in [-0.4, -0.2) is 41.1 Å². The Balaban J connectivity index is 1.54. The Morgan fingerprint density at radius 1 is 1.35 bits per heavy atom. The lowest BCUT2D eigenvalue weighted by Gasteiger charge is -2.27. The van der Waals surface area contributed by atoms with E-state index >= 15 is 0 Å². The predicted octanol–water partition coefficient (Wildman–Crippen LogP) is 2.64. The molecule has 0 unspecified atom stereocenters. The number of aromatic nitrogens is 1. The molecule has 2 saturated heterocycles. The van der Waals surface area contributed by atoms with Crippen molar-refractivity contribution in [2.75, 3.05) is 18.4 Å². The summed E-state index contributed by atoms with van der Waals surface area (Å²) in [7, 11) is 0. The van der Waals surface area contributed by atoms with Gasteiger partial charge >= 0.3 is 6.03 Å². The Morgan fingerprint density at radius 3 is 2.96 bits per heavy atom. The fraction of sp³-hybridized carbons (Fsp3) is 0.333. The van der Waals surface area contributed by atoms with Crippen LogP contribution >= 0.6 is 0 Å². The van der Waals surface area contributed by atoms with Gasteiger partial charge in [0, 0.05) is 42.6 Å². The molecule has 2 N–H and O–H groups in total. The smallest absolute Gasteiger partial charge is 0.319 e.